The Hall–Kier alpha value is -2.30. The van der Waals surface area contributed by atoms with Gasteiger partial charge < -0.3 is 9.64 Å². The highest BCUT2D eigenvalue weighted by atomic mass is 35.5. The zero-order valence-electron chi connectivity index (χ0n) is 15.5. The summed E-state index contributed by atoms with van der Waals surface area (Å²) in [7, 11) is 1.60. The van der Waals surface area contributed by atoms with E-state index in [4.69, 9.17) is 27.9 Å². The van der Waals surface area contributed by atoms with E-state index in [-0.39, 0.29) is 17.6 Å². The van der Waals surface area contributed by atoms with Crippen molar-refractivity contribution in [3.05, 3.63) is 69.7 Å². The lowest BCUT2D eigenvalue weighted by atomic mass is 9.89. The second-order valence-electron chi connectivity index (χ2n) is 6.67. The zero-order valence-corrected chi connectivity index (χ0v) is 17.0. The van der Waals surface area contributed by atoms with Gasteiger partial charge in [0.1, 0.15) is 5.75 Å². The van der Waals surface area contributed by atoms with Gasteiger partial charge in [-0.05, 0) is 54.8 Å². The fraction of sp³-hybridized carbons (Fsp3) is 0.273. The normalized spacial score (nSPS) is 15.0. The first kappa shape index (κ1) is 20.4. The van der Waals surface area contributed by atoms with Crippen molar-refractivity contribution in [2.75, 3.05) is 20.2 Å². The fourth-order valence-electron chi connectivity index (χ4n) is 3.27. The molecular weight excluding hydrogens is 397 g/mol. The number of halogens is 2. The molecule has 0 radical (unpaired) electrons. The van der Waals surface area contributed by atoms with Gasteiger partial charge in [0.2, 0.25) is 5.91 Å². The van der Waals surface area contributed by atoms with E-state index >= 15 is 0 Å². The van der Waals surface area contributed by atoms with Gasteiger partial charge in [-0.15, -0.1) is 0 Å². The minimum Gasteiger partial charge on any atom is -0.497 e. The molecule has 4 nitrogen and oxygen atoms in total. The van der Waals surface area contributed by atoms with E-state index < -0.39 is 0 Å². The number of piperidine rings is 1. The molecule has 28 heavy (non-hydrogen) atoms. The van der Waals surface area contributed by atoms with Crippen molar-refractivity contribution in [2.24, 2.45) is 5.92 Å². The molecule has 1 amide bonds. The summed E-state index contributed by atoms with van der Waals surface area (Å²) in [5.74, 6) is 0.690. The molecule has 0 bridgehead atoms. The number of amides is 1. The average molecular weight is 418 g/mol. The molecule has 1 heterocycles. The molecule has 0 aromatic heterocycles. The largest absolute Gasteiger partial charge is 0.497 e. The van der Waals surface area contributed by atoms with Crippen molar-refractivity contribution in [2.45, 2.75) is 12.8 Å². The summed E-state index contributed by atoms with van der Waals surface area (Å²) in [6.07, 6.45) is 4.49. The Morgan fingerprint density at radius 2 is 1.75 bits per heavy atom. The van der Waals surface area contributed by atoms with Crippen molar-refractivity contribution in [3.8, 4) is 5.75 Å². The molecule has 0 unspecified atom stereocenters. The molecule has 0 spiro atoms. The van der Waals surface area contributed by atoms with Crippen LogP contribution >= 0.6 is 23.2 Å². The number of nitrogens with zero attached hydrogens (tertiary/aromatic N) is 1. The first-order chi connectivity index (χ1) is 13.5. The van der Waals surface area contributed by atoms with Gasteiger partial charge in [-0.2, -0.15) is 0 Å². The molecule has 0 N–H and O–H groups in total. The summed E-state index contributed by atoms with van der Waals surface area (Å²) in [6, 6.07) is 12.4. The van der Waals surface area contributed by atoms with Crippen molar-refractivity contribution >= 4 is 41.0 Å². The molecule has 146 valence electrons. The van der Waals surface area contributed by atoms with Crippen LogP contribution in [-0.4, -0.2) is 36.8 Å². The van der Waals surface area contributed by atoms with Crippen LogP contribution in [0.4, 0.5) is 0 Å². The minimum atomic E-state index is -0.0913. The highest BCUT2D eigenvalue weighted by Gasteiger charge is 2.27. The predicted molar refractivity (Wildman–Crippen MR) is 112 cm³/mol. The number of hydrogen-bond donors (Lipinski definition) is 0. The van der Waals surface area contributed by atoms with Crippen LogP contribution in [-0.2, 0) is 4.79 Å². The van der Waals surface area contributed by atoms with Crippen LogP contribution in [0.15, 0.2) is 48.5 Å². The van der Waals surface area contributed by atoms with E-state index in [1.54, 1.807) is 60.6 Å². The number of rotatable bonds is 5. The standard InChI is InChI=1S/C22H21Cl2NO3/c1-28-18-8-5-16(6-9-18)22(27)17-11-13-25(14-12-17)20(26)10-7-15-3-2-4-19(23)21(15)24/h2-10,17H,11-14H2,1H3/b10-7+. The van der Waals surface area contributed by atoms with E-state index in [0.717, 1.165) is 5.75 Å². The Kier molecular flexibility index (Phi) is 6.76. The molecule has 3 rings (SSSR count). The van der Waals surface area contributed by atoms with Crippen LogP contribution in [0.1, 0.15) is 28.8 Å². The number of carbonyl (C=O) groups is 2. The Morgan fingerprint density at radius 1 is 1.07 bits per heavy atom. The first-order valence-corrected chi connectivity index (χ1v) is 9.84. The molecular formula is C22H21Cl2NO3. The number of carbonyl (C=O) groups excluding carboxylic acids is 2. The molecule has 1 aliphatic heterocycles. The van der Waals surface area contributed by atoms with Crippen LogP contribution in [0.2, 0.25) is 10.0 Å². The summed E-state index contributed by atoms with van der Waals surface area (Å²) in [6.45, 7) is 1.11. The van der Waals surface area contributed by atoms with Gasteiger partial charge in [-0.1, -0.05) is 35.3 Å². The van der Waals surface area contributed by atoms with Crippen molar-refractivity contribution in [1.82, 2.24) is 4.90 Å². The molecule has 0 atom stereocenters. The average Bonchev–Trinajstić information content (AvgIpc) is 2.74. The van der Waals surface area contributed by atoms with Crippen molar-refractivity contribution < 1.29 is 14.3 Å². The number of methoxy groups -OCH3 is 1. The number of hydrogen-bond acceptors (Lipinski definition) is 3. The van der Waals surface area contributed by atoms with Crippen LogP contribution in [0.5, 0.6) is 5.75 Å². The third kappa shape index (κ3) is 4.75. The Labute approximate surface area is 174 Å². The third-order valence-electron chi connectivity index (χ3n) is 4.94. The second-order valence-corrected chi connectivity index (χ2v) is 7.45. The van der Waals surface area contributed by atoms with Gasteiger partial charge in [0.05, 0.1) is 17.2 Å². The summed E-state index contributed by atoms with van der Waals surface area (Å²) in [4.78, 5) is 26.9. The summed E-state index contributed by atoms with van der Waals surface area (Å²) in [5, 5.41) is 0.881. The summed E-state index contributed by atoms with van der Waals surface area (Å²) < 4.78 is 5.13. The van der Waals surface area contributed by atoms with Crippen molar-refractivity contribution in [3.63, 3.8) is 0 Å². The van der Waals surface area contributed by atoms with Crippen LogP contribution in [0.3, 0.4) is 0 Å². The Morgan fingerprint density at radius 3 is 2.39 bits per heavy atom. The van der Waals surface area contributed by atoms with E-state index in [9.17, 15) is 9.59 Å². The highest BCUT2D eigenvalue weighted by molar-refractivity contribution is 6.42. The second kappa shape index (κ2) is 9.26. The number of benzene rings is 2. The summed E-state index contributed by atoms with van der Waals surface area (Å²) >= 11 is 12.1. The molecule has 0 aliphatic carbocycles. The fourth-order valence-corrected chi connectivity index (χ4v) is 3.64. The molecule has 1 aliphatic rings. The van der Waals surface area contributed by atoms with Crippen LogP contribution in [0, 0.1) is 5.92 Å². The highest BCUT2D eigenvalue weighted by Crippen LogP contribution is 2.27. The third-order valence-corrected chi connectivity index (χ3v) is 5.77. The molecule has 1 saturated heterocycles. The van der Waals surface area contributed by atoms with E-state index in [1.165, 1.54) is 6.08 Å². The van der Waals surface area contributed by atoms with Gasteiger partial charge in [-0.3, -0.25) is 9.59 Å². The quantitative estimate of drug-likeness (QED) is 0.499. The number of ketones is 1. The maximum atomic E-state index is 12.7. The molecule has 2 aromatic carbocycles. The van der Waals surface area contributed by atoms with E-state index in [0.29, 0.717) is 47.1 Å². The predicted octanol–water partition coefficient (Wildman–Crippen LogP) is 5.14. The maximum Gasteiger partial charge on any atom is 0.246 e. The lowest BCUT2D eigenvalue weighted by molar-refractivity contribution is -0.127. The van der Waals surface area contributed by atoms with E-state index in [2.05, 4.69) is 0 Å². The maximum absolute atomic E-state index is 12.7. The number of ether oxygens (including phenoxy) is 1. The van der Waals surface area contributed by atoms with Gasteiger partial charge in [0, 0.05) is 30.6 Å². The minimum absolute atomic E-state index is 0.0659. The lowest BCUT2D eigenvalue weighted by Gasteiger charge is -2.30. The van der Waals surface area contributed by atoms with Crippen LogP contribution in [0.25, 0.3) is 6.08 Å². The van der Waals surface area contributed by atoms with Gasteiger partial charge in [0.25, 0.3) is 0 Å². The van der Waals surface area contributed by atoms with Crippen molar-refractivity contribution in [1.29, 1.82) is 0 Å². The van der Waals surface area contributed by atoms with Crippen LogP contribution < -0.4 is 4.74 Å². The summed E-state index contributed by atoms with van der Waals surface area (Å²) in [5.41, 5.74) is 1.38. The van der Waals surface area contributed by atoms with Gasteiger partial charge in [0.15, 0.2) is 5.78 Å². The molecule has 1 fully saturated rings. The topological polar surface area (TPSA) is 46.6 Å². The molecule has 6 heteroatoms. The van der Waals surface area contributed by atoms with Gasteiger partial charge >= 0.3 is 0 Å². The Balaban J connectivity index is 1.56. The molecule has 2 aromatic rings. The van der Waals surface area contributed by atoms with Gasteiger partial charge in [-0.25, -0.2) is 0 Å². The SMILES string of the molecule is COc1ccc(C(=O)C2CCN(C(=O)/C=C/c3cccc(Cl)c3Cl)CC2)cc1. The Bertz CT molecular complexity index is 885. The lowest BCUT2D eigenvalue weighted by Crippen LogP contribution is -2.39. The first-order valence-electron chi connectivity index (χ1n) is 9.09. The smallest absolute Gasteiger partial charge is 0.246 e. The number of Topliss-reactive ketones (excluding diaryl/α,β-unsaturated/α-hetero) is 1. The monoisotopic (exact) mass is 417 g/mol. The van der Waals surface area contributed by atoms with E-state index in [1.807, 2.05) is 0 Å². The molecule has 0 saturated carbocycles. The zero-order chi connectivity index (χ0) is 20.1. The number of likely N-dealkylation sites (tertiary alicyclic amines) is 1.